The largest absolute Gasteiger partial charge is 0.328 e. The van der Waals surface area contributed by atoms with Crippen LogP contribution in [0.4, 0.5) is 11.6 Å². The molecule has 0 bridgehead atoms. The van der Waals surface area contributed by atoms with Gasteiger partial charge in [0.1, 0.15) is 6.04 Å². The molecule has 1 aromatic heterocycles. The molecule has 2 heterocycles. The Morgan fingerprint density at radius 2 is 1.86 bits per heavy atom. The molecule has 2 N–H and O–H groups in total. The topological polar surface area (TPSA) is 71.8 Å². The van der Waals surface area contributed by atoms with Crippen LogP contribution in [0, 0.1) is 6.92 Å². The van der Waals surface area contributed by atoms with Crippen LogP contribution in [-0.2, 0) is 17.0 Å². The minimum Gasteiger partial charge on any atom is -0.328 e. The summed E-state index contributed by atoms with van der Waals surface area (Å²) in [4.78, 5) is 18.4. The molecule has 0 aliphatic carbocycles. The number of benzene rings is 3. The second kappa shape index (κ2) is 10.8. The zero-order valence-electron chi connectivity index (χ0n) is 21.0. The maximum atomic E-state index is 13.7. The Morgan fingerprint density at radius 3 is 2.59 bits per heavy atom. The first kappa shape index (κ1) is 25.1. The molecule has 0 saturated carbocycles. The Morgan fingerprint density at radius 1 is 1.08 bits per heavy atom. The van der Waals surface area contributed by atoms with Crippen LogP contribution in [0.1, 0.15) is 42.1 Å². The van der Waals surface area contributed by atoms with E-state index in [1.165, 1.54) is 17.3 Å². The van der Waals surface area contributed by atoms with Gasteiger partial charge in [0.2, 0.25) is 11.1 Å². The lowest BCUT2D eigenvalue weighted by molar-refractivity contribution is -0.113. The van der Waals surface area contributed by atoms with Gasteiger partial charge in [-0.2, -0.15) is 4.98 Å². The summed E-state index contributed by atoms with van der Waals surface area (Å²) in [6.07, 6.45) is 0.944. The highest BCUT2D eigenvalue weighted by Gasteiger charge is 2.34. The highest BCUT2D eigenvalue weighted by atomic mass is 35.5. The quantitative estimate of drug-likeness (QED) is 0.252. The maximum Gasteiger partial charge on any atom is 0.255 e. The van der Waals surface area contributed by atoms with E-state index in [4.69, 9.17) is 21.7 Å². The monoisotopic (exact) mass is 529 g/mol. The fourth-order valence-electron chi connectivity index (χ4n) is 4.41. The number of aryl methyl sites for hydroxylation is 2. The van der Waals surface area contributed by atoms with Crippen LogP contribution < -0.4 is 10.6 Å². The van der Waals surface area contributed by atoms with Gasteiger partial charge in [-0.1, -0.05) is 84.9 Å². The molecular weight excluding hydrogens is 502 g/mol. The molecule has 5 rings (SSSR count). The van der Waals surface area contributed by atoms with Crippen molar-refractivity contribution in [1.29, 1.82) is 0 Å². The summed E-state index contributed by atoms with van der Waals surface area (Å²) < 4.78 is 1.81. The number of carbonyl (C=O) groups is 1. The number of aromatic nitrogens is 3. The summed E-state index contributed by atoms with van der Waals surface area (Å²) in [6.45, 7) is 6.04. The van der Waals surface area contributed by atoms with Gasteiger partial charge in [0.25, 0.3) is 5.91 Å². The molecule has 1 aliphatic heterocycles. The molecule has 0 spiro atoms. The number of halogens is 1. The first-order valence-electron chi connectivity index (χ1n) is 12.2. The lowest BCUT2D eigenvalue weighted by Gasteiger charge is -2.28. The lowest BCUT2D eigenvalue weighted by Crippen LogP contribution is -2.31. The highest BCUT2D eigenvalue weighted by molar-refractivity contribution is 7.98. The average molecular weight is 530 g/mol. The molecule has 0 radical (unpaired) electrons. The van der Waals surface area contributed by atoms with Gasteiger partial charge in [0.05, 0.1) is 5.57 Å². The minimum atomic E-state index is -0.422. The predicted octanol–water partition coefficient (Wildman–Crippen LogP) is 7.02. The number of hydrogen-bond acceptors (Lipinski definition) is 5. The molecule has 188 valence electrons. The van der Waals surface area contributed by atoms with Gasteiger partial charge in [-0.3, -0.25) is 4.79 Å². The van der Waals surface area contributed by atoms with Gasteiger partial charge < -0.3 is 10.6 Å². The molecule has 0 fully saturated rings. The lowest BCUT2D eigenvalue weighted by atomic mass is 9.94. The van der Waals surface area contributed by atoms with Crippen molar-refractivity contribution in [1.82, 2.24) is 14.8 Å². The number of amides is 1. The SMILES string of the molecule is CCc1ccc(C2C(C(=O)Nc3cccc(C)c3)=C(C)Nc3nc(SCc4ccccc4Cl)nn32)cc1. The van der Waals surface area contributed by atoms with Gasteiger partial charge in [-0.25, -0.2) is 4.68 Å². The molecule has 8 heteroatoms. The molecule has 1 unspecified atom stereocenters. The number of hydrogen-bond donors (Lipinski definition) is 2. The molecule has 1 atom stereocenters. The molecule has 1 aliphatic rings. The summed E-state index contributed by atoms with van der Waals surface area (Å²) in [7, 11) is 0. The third kappa shape index (κ3) is 5.43. The van der Waals surface area contributed by atoms with E-state index in [1.54, 1.807) is 0 Å². The van der Waals surface area contributed by atoms with E-state index in [0.717, 1.165) is 39.5 Å². The fourth-order valence-corrected chi connectivity index (χ4v) is 5.52. The summed E-state index contributed by atoms with van der Waals surface area (Å²) in [5.74, 6) is 1.08. The number of allylic oxidation sites excluding steroid dienone is 1. The van der Waals surface area contributed by atoms with E-state index in [-0.39, 0.29) is 5.91 Å². The van der Waals surface area contributed by atoms with Gasteiger partial charge in [-0.15, -0.1) is 5.10 Å². The number of fused-ring (bicyclic) bond motifs is 1. The molecule has 37 heavy (non-hydrogen) atoms. The van der Waals surface area contributed by atoms with E-state index in [9.17, 15) is 4.79 Å². The second-order valence-corrected chi connectivity index (χ2v) is 10.4. The van der Waals surface area contributed by atoms with Crippen molar-refractivity contribution in [3.8, 4) is 0 Å². The normalized spacial score (nSPS) is 14.8. The molecule has 6 nitrogen and oxygen atoms in total. The maximum absolute atomic E-state index is 13.7. The average Bonchev–Trinajstić information content (AvgIpc) is 3.29. The van der Waals surface area contributed by atoms with Crippen molar-refractivity contribution in [3.63, 3.8) is 0 Å². The number of carbonyl (C=O) groups excluding carboxylic acids is 1. The number of rotatable bonds is 7. The zero-order valence-corrected chi connectivity index (χ0v) is 22.5. The zero-order chi connectivity index (χ0) is 25.9. The van der Waals surface area contributed by atoms with Crippen molar-refractivity contribution >= 4 is 40.9 Å². The van der Waals surface area contributed by atoms with Crippen molar-refractivity contribution in [3.05, 3.63) is 111 Å². The first-order chi connectivity index (χ1) is 17.9. The number of nitrogens with one attached hydrogen (secondary N) is 2. The van der Waals surface area contributed by atoms with Gasteiger partial charge in [-0.05, 0) is 60.7 Å². The molecular formula is C29H28ClN5OS. The minimum absolute atomic E-state index is 0.174. The van der Waals surface area contributed by atoms with Crippen LogP contribution in [0.25, 0.3) is 0 Å². The summed E-state index contributed by atoms with van der Waals surface area (Å²) in [5.41, 5.74) is 6.42. The first-order valence-corrected chi connectivity index (χ1v) is 13.6. The fraction of sp³-hybridized carbons (Fsp3) is 0.207. The molecule has 3 aromatic carbocycles. The van der Waals surface area contributed by atoms with Gasteiger partial charge >= 0.3 is 0 Å². The van der Waals surface area contributed by atoms with Crippen molar-refractivity contribution in [2.75, 3.05) is 10.6 Å². The van der Waals surface area contributed by atoms with E-state index in [2.05, 4.69) is 41.8 Å². The Kier molecular flexibility index (Phi) is 7.35. The number of thioether (sulfide) groups is 1. The van der Waals surface area contributed by atoms with E-state index in [1.807, 2.05) is 67.1 Å². The summed E-state index contributed by atoms with van der Waals surface area (Å²) in [5, 5.41) is 12.6. The van der Waals surface area contributed by atoms with Crippen LogP contribution in [0.5, 0.6) is 0 Å². The van der Waals surface area contributed by atoms with Crippen LogP contribution in [-0.4, -0.2) is 20.7 Å². The Balaban J connectivity index is 1.50. The highest BCUT2D eigenvalue weighted by Crippen LogP contribution is 2.37. The van der Waals surface area contributed by atoms with Crippen LogP contribution in [0.15, 0.2) is 89.2 Å². The molecule has 1 amide bonds. The summed E-state index contributed by atoms with van der Waals surface area (Å²) >= 11 is 7.86. The van der Waals surface area contributed by atoms with E-state index >= 15 is 0 Å². The third-order valence-corrected chi connectivity index (χ3v) is 7.63. The van der Waals surface area contributed by atoms with Crippen molar-refractivity contribution in [2.45, 2.75) is 44.1 Å². The third-order valence-electron chi connectivity index (χ3n) is 6.37. The Hall–Kier alpha value is -3.55. The van der Waals surface area contributed by atoms with Gasteiger partial charge in [0.15, 0.2) is 0 Å². The van der Waals surface area contributed by atoms with Crippen LogP contribution in [0.2, 0.25) is 5.02 Å². The van der Waals surface area contributed by atoms with Crippen LogP contribution in [0.3, 0.4) is 0 Å². The van der Waals surface area contributed by atoms with Crippen molar-refractivity contribution in [2.24, 2.45) is 0 Å². The van der Waals surface area contributed by atoms with E-state index in [0.29, 0.717) is 22.4 Å². The van der Waals surface area contributed by atoms with Crippen LogP contribution >= 0.6 is 23.4 Å². The van der Waals surface area contributed by atoms with Gasteiger partial charge in [0, 0.05) is 22.2 Å². The predicted molar refractivity (Wildman–Crippen MR) is 151 cm³/mol. The number of nitrogens with zero attached hydrogens (tertiary/aromatic N) is 3. The smallest absolute Gasteiger partial charge is 0.255 e. The number of anilines is 2. The molecule has 0 saturated heterocycles. The Bertz CT molecular complexity index is 1480. The second-order valence-electron chi connectivity index (χ2n) is 9.03. The Labute approximate surface area is 226 Å². The van der Waals surface area contributed by atoms with E-state index < -0.39 is 6.04 Å². The standard InChI is InChI=1S/C29H28ClN5OS/c1-4-20-12-14-21(15-13-20)26-25(27(36)32-23-10-7-8-18(2)16-23)19(3)31-28-33-29(34-35(26)28)37-17-22-9-5-6-11-24(22)30/h5-16,26H,4,17H2,1-3H3,(H,32,36)(H,31,33,34). The van der Waals surface area contributed by atoms with Crippen molar-refractivity contribution < 1.29 is 4.79 Å². The molecule has 4 aromatic rings. The summed E-state index contributed by atoms with van der Waals surface area (Å²) in [6, 6.07) is 23.5.